The molecule has 4 atom stereocenters. The van der Waals surface area contributed by atoms with Gasteiger partial charge < -0.3 is 34.6 Å². The predicted octanol–water partition coefficient (Wildman–Crippen LogP) is 2.74. The number of carbonyl (C=O) groups is 2. The maximum atomic E-state index is 14.3. The lowest BCUT2D eigenvalue weighted by atomic mass is 9.76. The SMILES string of the molecule is COC(OC)C1CCN(c2cc(C(C(=O)N3CC(O)CC3(C(N)=O)[C@@H](C)c3ccc(C#N)cc3)C(C)C)on2)CC1. The number of nitrogens with zero attached hydrogens (tertiary/aromatic N) is 4. The highest BCUT2D eigenvalue weighted by Gasteiger charge is 2.57. The van der Waals surface area contributed by atoms with Crippen molar-refractivity contribution in [1.29, 1.82) is 5.26 Å². The number of likely N-dealkylation sites (tertiary alicyclic amines) is 1. The normalized spacial score (nSPS) is 23.1. The molecule has 3 N–H and O–H groups in total. The van der Waals surface area contributed by atoms with E-state index in [1.54, 1.807) is 44.6 Å². The molecule has 11 heteroatoms. The lowest BCUT2D eigenvalue weighted by molar-refractivity contribution is -0.147. The number of piperidine rings is 1. The summed E-state index contributed by atoms with van der Waals surface area (Å²) in [7, 11) is 3.29. The fourth-order valence-electron chi connectivity index (χ4n) is 6.53. The number of methoxy groups -OCH3 is 2. The molecule has 2 fully saturated rings. The summed E-state index contributed by atoms with van der Waals surface area (Å²) < 4.78 is 16.6. The average molecular weight is 568 g/mol. The van der Waals surface area contributed by atoms with Crippen LogP contribution in [0.1, 0.15) is 68.8 Å². The van der Waals surface area contributed by atoms with Crippen molar-refractivity contribution in [2.45, 2.75) is 69.8 Å². The minimum Gasteiger partial charge on any atom is -0.391 e. The molecule has 3 heterocycles. The summed E-state index contributed by atoms with van der Waals surface area (Å²) >= 11 is 0. The summed E-state index contributed by atoms with van der Waals surface area (Å²) in [5.41, 5.74) is 5.80. The standard InChI is InChI=1S/C30H41N5O6/c1-18(2)26(24-14-25(33-41-24)34-12-10-22(11-13-34)28(39-4)40-5)27(37)35-17-23(36)15-30(35,29(32)38)19(3)21-8-6-20(16-31)7-9-21/h6-9,14,18-19,22-23,26,28,36H,10-13,15,17H2,1-5H3,(H2,32,38)/t19-,23?,26?,30?/m0/s1. The quantitative estimate of drug-likeness (QED) is 0.412. The van der Waals surface area contributed by atoms with Gasteiger partial charge >= 0.3 is 0 Å². The fourth-order valence-corrected chi connectivity index (χ4v) is 6.53. The van der Waals surface area contributed by atoms with Gasteiger partial charge in [-0.2, -0.15) is 5.26 Å². The molecule has 2 aliphatic heterocycles. The van der Waals surface area contributed by atoms with E-state index in [-0.39, 0.29) is 37.0 Å². The first-order valence-corrected chi connectivity index (χ1v) is 14.1. The summed E-state index contributed by atoms with van der Waals surface area (Å²) in [4.78, 5) is 31.0. The molecule has 0 radical (unpaired) electrons. The van der Waals surface area contributed by atoms with Crippen molar-refractivity contribution in [3.8, 4) is 6.07 Å². The van der Waals surface area contributed by atoms with Crippen molar-refractivity contribution < 1.29 is 28.7 Å². The highest BCUT2D eigenvalue weighted by Crippen LogP contribution is 2.44. The number of hydrogen-bond acceptors (Lipinski definition) is 9. The smallest absolute Gasteiger partial charge is 0.244 e. The zero-order chi connectivity index (χ0) is 29.9. The number of ether oxygens (including phenoxy) is 2. The molecule has 2 aliphatic rings. The van der Waals surface area contributed by atoms with Gasteiger partial charge in [0.15, 0.2) is 17.9 Å². The fraction of sp³-hybridized carbons (Fsp3) is 0.600. The molecule has 0 aliphatic carbocycles. The Morgan fingerprint density at radius 3 is 2.34 bits per heavy atom. The molecule has 1 aromatic heterocycles. The van der Waals surface area contributed by atoms with Crippen LogP contribution in [0.2, 0.25) is 0 Å². The zero-order valence-corrected chi connectivity index (χ0v) is 24.4. The second-order valence-corrected chi connectivity index (χ2v) is 11.5. The molecule has 2 amide bonds. The number of β-amino-alcohol motifs (C(OH)–C–C–N with tert-alkyl or cyclic N) is 1. The molecule has 222 valence electrons. The molecular weight excluding hydrogens is 526 g/mol. The largest absolute Gasteiger partial charge is 0.391 e. The maximum Gasteiger partial charge on any atom is 0.244 e. The van der Waals surface area contributed by atoms with Crippen molar-refractivity contribution in [3.05, 3.63) is 47.2 Å². The Morgan fingerprint density at radius 2 is 1.80 bits per heavy atom. The van der Waals surface area contributed by atoms with E-state index in [9.17, 15) is 20.0 Å². The van der Waals surface area contributed by atoms with Gasteiger partial charge in [-0.25, -0.2) is 0 Å². The number of carbonyl (C=O) groups excluding carboxylic acids is 2. The van der Waals surface area contributed by atoms with Crippen molar-refractivity contribution in [1.82, 2.24) is 10.1 Å². The highest BCUT2D eigenvalue weighted by molar-refractivity contribution is 5.94. The molecular formula is C30H41N5O6. The van der Waals surface area contributed by atoms with Gasteiger partial charge in [0.05, 0.1) is 17.7 Å². The van der Waals surface area contributed by atoms with E-state index in [0.717, 1.165) is 31.5 Å². The summed E-state index contributed by atoms with van der Waals surface area (Å²) in [5, 5.41) is 24.3. The van der Waals surface area contributed by atoms with E-state index in [4.69, 9.17) is 19.7 Å². The minimum atomic E-state index is -1.46. The second kappa shape index (κ2) is 12.6. The number of amides is 2. The third-order valence-corrected chi connectivity index (χ3v) is 8.84. The minimum absolute atomic E-state index is 0.0145. The predicted molar refractivity (Wildman–Crippen MR) is 151 cm³/mol. The zero-order valence-electron chi connectivity index (χ0n) is 24.4. The van der Waals surface area contributed by atoms with E-state index >= 15 is 0 Å². The molecule has 0 saturated carbocycles. The number of benzene rings is 1. The van der Waals surface area contributed by atoms with Gasteiger partial charge in [-0.1, -0.05) is 38.1 Å². The topological polar surface area (TPSA) is 155 Å². The molecule has 2 aromatic rings. The summed E-state index contributed by atoms with van der Waals surface area (Å²) in [6.45, 7) is 7.10. The molecule has 2 saturated heterocycles. The summed E-state index contributed by atoms with van der Waals surface area (Å²) in [5.74, 6) is -1.16. The van der Waals surface area contributed by atoms with Gasteiger partial charge in [0, 0.05) is 58.2 Å². The Bertz CT molecular complexity index is 1240. The third kappa shape index (κ3) is 5.82. The summed E-state index contributed by atoms with van der Waals surface area (Å²) in [6, 6.07) is 10.7. The molecule has 4 rings (SSSR count). The second-order valence-electron chi connectivity index (χ2n) is 11.5. The number of rotatable bonds is 10. The van der Waals surface area contributed by atoms with Crippen LogP contribution in [-0.4, -0.2) is 78.8 Å². The number of aromatic nitrogens is 1. The van der Waals surface area contributed by atoms with Crippen LogP contribution in [-0.2, 0) is 19.1 Å². The number of nitriles is 1. The Hall–Kier alpha value is -3.46. The number of aliphatic hydroxyl groups excluding tert-OH is 1. The first-order valence-electron chi connectivity index (χ1n) is 14.1. The molecule has 11 nitrogen and oxygen atoms in total. The number of aliphatic hydroxyl groups is 1. The molecule has 41 heavy (non-hydrogen) atoms. The van der Waals surface area contributed by atoms with Crippen LogP contribution < -0.4 is 10.6 Å². The molecule has 0 spiro atoms. The molecule has 1 aromatic carbocycles. The Morgan fingerprint density at radius 1 is 1.17 bits per heavy atom. The van der Waals surface area contributed by atoms with Gasteiger partial charge in [0.2, 0.25) is 11.8 Å². The van der Waals surface area contributed by atoms with Crippen LogP contribution in [0, 0.1) is 23.2 Å². The Kier molecular flexibility index (Phi) is 9.37. The van der Waals surface area contributed by atoms with Gasteiger partial charge in [-0.15, -0.1) is 0 Å². The van der Waals surface area contributed by atoms with E-state index in [1.165, 1.54) is 4.90 Å². The summed E-state index contributed by atoms with van der Waals surface area (Å²) in [6.07, 6.45) is 0.568. The van der Waals surface area contributed by atoms with Crippen molar-refractivity contribution in [3.63, 3.8) is 0 Å². The van der Waals surface area contributed by atoms with Gasteiger partial charge in [0.25, 0.3) is 0 Å². The molecule has 0 bridgehead atoms. The number of anilines is 1. The monoisotopic (exact) mass is 567 g/mol. The van der Waals surface area contributed by atoms with E-state index in [1.807, 2.05) is 20.8 Å². The maximum absolute atomic E-state index is 14.3. The lowest BCUT2D eigenvalue weighted by Crippen LogP contribution is -2.60. The Labute approximate surface area is 241 Å². The first-order chi connectivity index (χ1) is 19.6. The van der Waals surface area contributed by atoms with Crippen LogP contribution in [0.15, 0.2) is 34.9 Å². The Balaban J connectivity index is 1.60. The average Bonchev–Trinajstić information content (AvgIpc) is 3.59. The van der Waals surface area contributed by atoms with Crippen molar-refractivity contribution >= 4 is 17.6 Å². The third-order valence-electron chi connectivity index (χ3n) is 8.84. The number of primary amides is 1. The van der Waals surface area contributed by atoms with Gasteiger partial charge in [-0.3, -0.25) is 9.59 Å². The molecule has 3 unspecified atom stereocenters. The lowest BCUT2D eigenvalue weighted by Gasteiger charge is -2.42. The van der Waals surface area contributed by atoms with Crippen LogP contribution >= 0.6 is 0 Å². The van der Waals surface area contributed by atoms with Gasteiger partial charge in [0.1, 0.15) is 11.5 Å². The van der Waals surface area contributed by atoms with Crippen LogP contribution in [0.5, 0.6) is 0 Å². The highest BCUT2D eigenvalue weighted by atomic mass is 16.7. The van der Waals surface area contributed by atoms with Gasteiger partial charge in [-0.05, 0) is 36.5 Å². The van der Waals surface area contributed by atoms with Crippen LogP contribution in [0.25, 0.3) is 0 Å². The first kappa shape index (κ1) is 30.5. The number of hydrogen-bond donors (Lipinski definition) is 2. The van der Waals surface area contributed by atoms with E-state index in [0.29, 0.717) is 17.1 Å². The van der Waals surface area contributed by atoms with E-state index < -0.39 is 29.4 Å². The van der Waals surface area contributed by atoms with E-state index in [2.05, 4.69) is 16.1 Å². The van der Waals surface area contributed by atoms with Crippen molar-refractivity contribution in [2.24, 2.45) is 17.6 Å². The number of nitrogens with two attached hydrogens (primary N) is 1. The van der Waals surface area contributed by atoms with Crippen LogP contribution in [0.4, 0.5) is 5.82 Å². The van der Waals surface area contributed by atoms with Crippen LogP contribution in [0.3, 0.4) is 0 Å². The van der Waals surface area contributed by atoms with Crippen molar-refractivity contribution in [2.75, 3.05) is 38.8 Å².